The molecule has 0 N–H and O–H groups in total. The van der Waals surface area contributed by atoms with E-state index in [0.717, 1.165) is 39.1 Å². The largest absolute Gasteiger partial charge is 0.488 e. The van der Waals surface area contributed by atoms with Gasteiger partial charge in [0.2, 0.25) is 0 Å². The molecule has 0 saturated carbocycles. The molecule has 5 heteroatoms. The van der Waals surface area contributed by atoms with Crippen molar-refractivity contribution in [2.75, 3.05) is 13.1 Å². The number of pyridine rings is 1. The van der Waals surface area contributed by atoms with Crippen LogP contribution < -0.4 is 4.74 Å². The van der Waals surface area contributed by atoms with Gasteiger partial charge in [0.05, 0.1) is 0 Å². The normalized spacial score (nSPS) is 14.2. The van der Waals surface area contributed by atoms with E-state index in [1.807, 2.05) is 69.0 Å². The molecule has 1 fully saturated rings. The van der Waals surface area contributed by atoms with Gasteiger partial charge >= 0.3 is 0 Å². The van der Waals surface area contributed by atoms with Crippen LogP contribution in [0, 0.1) is 33.6 Å². The summed E-state index contributed by atoms with van der Waals surface area (Å²) in [5.41, 5.74) is 6.54. The maximum absolute atomic E-state index is 13.2. The summed E-state index contributed by atoms with van der Waals surface area (Å²) in [6, 6.07) is 13.7. The Balaban J connectivity index is 1.39. The van der Waals surface area contributed by atoms with E-state index in [-0.39, 0.29) is 17.6 Å². The molecule has 0 spiro atoms. The summed E-state index contributed by atoms with van der Waals surface area (Å²) in [7, 11) is 0. The van der Waals surface area contributed by atoms with Crippen molar-refractivity contribution < 1.29 is 14.3 Å². The Labute approximate surface area is 201 Å². The topological polar surface area (TPSA) is 59.5 Å². The Morgan fingerprint density at radius 3 is 2.29 bits per heavy atom. The zero-order valence-electron chi connectivity index (χ0n) is 20.4. The quantitative estimate of drug-likeness (QED) is 0.451. The number of carbonyl (C=O) groups is 2. The summed E-state index contributed by atoms with van der Waals surface area (Å²) in [5.74, 6) is 0.990. The lowest BCUT2D eigenvalue weighted by molar-refractivity contribution is 0.0650. The van der Waals surface area contributed by atoms with Crippen molar-refractivity contribution in [3.8, 4) is 5.75 Å². The lowest BCUT2D eigenvalue weighted by Gasteiger charge is -2.32. The Morgan fingerprint density at radius 1 is 0.971 bits per heavy atom. The third-order valence-electron chi connectivity index (χ3n) is 6.61. The first-order chi connectivity index (χ1) is 16.3. The molecular weight excluding hydrogens is 424 g/mol. The third-order valence-corrected chi connectivity index (χ3v) is 6.61. The molecule has 0 atom stereocenters. The van der Waals surface area contributed by atoms with Gasteiger partial charge in [0.15, 0.2) is 5.78 Å². The van der Waals surface area contributed by atoms with Crippen LogP contribution >= 0.6 is 0 Å². The van der Waals surface area contributed by atoms with Crippen LogP contribution in [0.1, 0.15) is 61.4 Å². The standard InChI is InChI=1S/C29H32N2O3/c1-19-7-8-26(20(2)14-19)27(32)24-9-12-31(13-10-24)29(33)25-15-21(3)28(22(4)16-25)34-18-23-6-5-11-30-17-23/h5-8,11,14-17,24H,9-10,12-13,18H2,1-4H3. The Kier molecular flexibility index (Phi) is 7.11. The second-order valence-corrected chi connectivity index (χ2v) is 9.34. The van der Waals surface area contributed by atoms with Gasteiger partial charge in [0.1, 0.15) is 12.4 Å². The van der Waals surface area contributed by atoms with Crippen LogP contribution in [-0.4, -0.2) is 34.7 Å². The summed E-state index contributed by atoms with van der Waals surface area (Å²) >= 11 is 0. The average Bonchev–Trinajstić information content (AvgIpc) is 2.83. The molecule has 0 aliphatic carbocycles. The van der Waals surface area contributed by atoms with Gasteiger partial charge in [-0.05, 0) is 75.4 Å². The number of benzene rings is 2. The Hall–Kier alpha value is -3.47. The van der Waals surface area contributed by atoms with Crippen LogP contribution in [0.4, 0.5) is 0 Å². The number of rotatable bonds is 6. The molecule has 1 aromatic heterocycles. The molecule has 1 aliphatic heterocycles. The third kappa shape index (κ3) is 5.19. The van der Waals surface area contributed by atoms with Gasteiger partial charge < -0.3 is 9.64 Å². The van der Waals surface area contributed by atoms with Gasteiger partial charge in [0, 0.05) is 48.1 Å². The van der Waals surface area contributed by atoms with E-state index in [1.165, 1.54) is 0 Å². The smallest absolute Gasteiger partial charge is 0.253 e. The zero-order chi connectivity index (χ0) is 24.2. The summed E-state index contributed by atoms with van der Waals surface area (Å²) in [6.07, 6.45) is 4.92. The van der Waals surface area contributed by atoms with Gasteiger partial charge in [-0.2, -0.15) is 0 Å². The number of Topliss-reactive ketones (excluding diaryl/α,β-unsaturated/α-hetero) is 1. The molecule has 0 unspecified atom stereocenters. The molecule has 1 amide bonds. The van der Waals surface area contributed by atoms with Crippen molar-refractivity contribution in [1.82, 2.24) is 9.88 Å². The molecule has 0 radical (unpaired) electrons. The number of ether oxygens (including phenoxy) is 1. The summed E-state index contributed by atoms with van der Waals surface area (Å²) in [6.45, 7) is 9.59. The van der Waals surface area contributed by atoms with Crippen LogP contribution in [-0.2, 0) is 6.61 Å². The van der Waals surface area contributed by atoms with Gasteiger partial charge in [0.25, 0.3) is 5.91 Å². The highest BCUT2D eigenvalue weighted by atomic mass is 16.5. The number of aryl methyl sites for hydroxylation is 4. The number of amides is 1. The number of piperidine rings is 1. The van der Waals surface area contributed by atoms with Crippen LogP contribution in [0.3, 0.4) is 0 Å². The minimum Gasteiger partial charge on any atom is -0.488 e. The average molecular weight is 457 g/mol. The first-order valence-corrected chi connectivity index (χ1v) is 11.9. The van der Waals surface area contributed by atoms with Gasteiger partial charge in [-0.15, -0.1) is 0 Å². The number of carbonyl (C=O) groups excluding carboxylic acids is 2. The van der Waals surface area contributed by atoms with E-state index >= 15 is 0 Å². The Morgan fingerprint density at radius 2 is 1.68 bits per heavy atom. The highest BCUT2D eigenvalue weighted by Crippen LogP contribution is 2.28. The van der Waals surface area contributed by atoms with Crippen LogP contribution in [0.5, 0.6) is 5.75 Å². The van der Waals surface area contributed by atoms with Crippen molar-refractivity contribution in [1.29, 1.82) is 0 Å². The number of hydrogen-bond acceptors (Lipinski definition) is 4. The highest BCUT2D eigenvalue weighted by molar-refractivity contribution is 5.99. The number of hydrogen-bond donors (Lipinski definition) is 0. The molecule has 2 heterocycles. The van der Waals surface area contributed by atoms with Crippen molar-refractivity contribution in [2.45, 2.75) is 47.1 Å². The van der Waals surface area contributed by atoms with E-state index in [0.29, 0.717) is 38.1 Å². The van der Waals surface area contributed by atoms with E-state index in [2.05, 4.69) is 11.1 Å². The molecule has 4 rings (SSSR count). The van der Waals surface area contributed by atoms with Crippen molar-refractivity contribution in [3.05, 3.63) is 93.8 Å². The first-order valence-electron chi connectivity index (χ1n) is 11.9. The maximum atomic E-state index is 13.2. The fraction of sp³-hybridized carbons (Fsp3) is 0.345. The SMILES string of the molecule is Cc1ccc(C(=O)C2CCN(C(=O)c3cc(C)c(OCc4cccnc4)c(C)c3)CC2)c(C)c1. The van der Waals surface area contributed by atoms with Gasteiger partial charge in [-0.3, -0.25) is 14.6 Å². The molecule has 1 saturated heterocycles. The molecule has 3 aromatic rings. The predicted octanol–water partition coefficient (Wildman–Crippen LogP) is 5.63. The molecule has 2 aromatic carbocycles. The molecular formula is C29H32N2O3. The fourth-order valence-corrected chi connectivity index (χ4v) is 4.78. The summed E-state index contributed by atoms with van der Waals surface area (Å²) < 4.78 is 6.03. The van der Waals surface area contributed by atoms with E-state index in [1.54, 1.807) is 12.4 Å². The van der Waals surface area contributed by atoms with Gasteiger partial charge in [-0.25, -0.2) is 0 Å². The van der Waals surface area contributed by atoms with E-state index < -0.39 is 0 Å². The second kappa shape index (κ2) is 10.2. The molecule has 176 valence electrons. The second-order valence-electron chi connectivity index (χ2n) is 9.34. The fourth-order valence-electron chi connectivity index (χ4n) is 4.78. The molecule has 34 heavy (non-hydrogen) atoms. The lowest BCUT2D eigenvalue weighted by atomic mass is 9.86. The van der Waals surface area contributed by atoms with E-state index in [9.17, 15) is 9.59 Å². The van der Waals surface area contributed by atoms with Crippen molar-refractivity contribution in [3.63, 3.8) is 0 Å². The monoisotopic (exact) mass is 456 g/mol. The van der Waals surface area contributed by atoms with Crippen LogP contribution in [0.2, 0.25) is 0 Å². The van der Waals surface area contributed by atoms with Crippen molar-refractivity contribution in [2.24, 2.45) is 5.92 Å². The lowest BCUT2D eigenvalue weighted by Crippen LogP contribution is -2.40. The Bertz CT molecular complexity index is 1170. The maximum Gasteiger partial charge on any atom is 0.253 e. The summed E-state index contributed by atoms with van der Waals surface area (Å²) in [5, 5.41) is 0. The van der Waals surface area contributed by atoms with E-state index in [4.69, 9.17) is 4.74 Å². The number of ketones is 1. The van der Waals surface area contributed by atoms with Gasteiger partial charge in [-0.1, -0.05) is 29.8 Å². The number of nitrogens with zero attached hydrogens (tertiary/aromatic N) is 2. The number of aromatic nitrogens is 1. The summed E-state index contributed by atoms with van der Waals surface area (Å²) in [4.78, 5) is 32.3. The molecule has 0 bridgehead atoms. The first kappa shape index (κ1) is 23.7. The number of likely N-dealkylation sites (tertiary alicyclic amines) is 1. The zero-order valence-corrected chi connectivity index (χ0v) is 20.4. The van der Waals surface area contributed by atoms with Crippen LogP contribution in [0.25, 0.3) is 0 Å². The molecule has 1 aliphatic rings. The minimum atomic E-state index is -0.0304. The predicted molar refractivity (Wildman–Crippen MR) is 133 cm³/mol. The molecule has 5 nitrogen and oxygen atoms in total. The van der Waals surface area contributed by atoms with Crippen LogP contribution in [0.15, 0.2) is 54.9 Å². The highest BCUT2D eigenvalue weighted by Gasteiger charge is 2.29. The van der Waals surface area contributed by atoms with Crippen molar-refractivity contribution >= 4 is 11.7 Å². The minimum absolute atomic E-state index is 0.0161.